The quantitative estimate of drug-likeness (QED) is 0.467. The lowest BCUT2D eigenvalue weighted by atomic mass is 9.49. The van der Waals surface area contributed by atoms with Gasteiger partial charge in [-0.25, -0.2) is 0 Å². The summed E-state index contributed by atoms with van der Waals surface area (Å²) in [6.45, 7) is 4.31. The third-order valence-electron chi connectivity index (χ3n) is 7.12. The van der Waals surface area contributed by atoms with Crippen LogP contribution in [-0.2, 0) is 5.41 Å². The molecule has 4 aliphatic carbocycles. The molecule has 5 heteroatoms. The van der Waals surface area contributed by atoms with Crippen molar-refractivity contribution in [3.05, 3.63) is 41.3 Å². The molecule has 0 spiro atoms. The zero-order valence-electron chi connectivity index (χ0n) is 16.7. The predicted molar refractivity (Wildman–Crippen MR) is 110 cm³/mol. The van der Waals surface area contributed by atoms with Gasteiger partial charge in [0, 0.05) is 11.0 Å². The number of carbonyl (C=O) groups excluding carboxylic acids is 1. The number of carbonyl (C=O) groups is 1. The van der Waals surface area contributed by atoms with Crippen molar-refractivity contribution >= 4 is 17.5 Å². The number of thioether (sulfide) groups is 1. The summed E-state index contributed by atoms with van der Waals surface area (Å²) in [4.78, 5) is 12.5. The second kappa shape index (κ2) is 7.01. The summed E-state index contributed by atoms with van der Waals surface area (Å²) in [6, 6.07) is 7.93. The Labute approximate surface area is 170 Å². The fraction of sp³-hybridized carbons (Fsp3) is 0.609. The van der Waals surface area contributed by atoms with E-state index in [2.05, 4.69) is 24.0 Å². The van der Waals surface area contributed by atoms with E-state index in [0.29, 0.717) is 16.9 Å². The number of Topliss-reactive ketones (excluding diaryl/α,β-unsaturated/α-hetero) is 1. The molecule has 0 unspecified atom stereocenters. The average molecular weight is 397 g/mol. The first-order valence-electron chi connectivity index (χ1n) is 10.6. The second-order valence-electron chi connectivity index (χ2n) is 9.56. The van der Waals surface area contributed by atoms with Crippen molar-refractivity contribution in [2.45, 2.75) is 68.9 Å². The normalized spacial score (nSPS) is 30.9. The fourth-order valence-electron chi connectivity index (χ4n) is 6.12. The number of aromatic nitrogens is 2. The molecule has 0 atom stereocenters. The molecule has 4 aliphatic rings. The van der Waals surface area contributed by atoms with E-state index in [4.69, 9.17) is 4.42 Å². The molecule has 6 rings (SSSR count). The number of ketones is 1. The summed E-state index contributed by atoms with van der Waals surface area (Å²) in [6.07, 6.45) is 7.85. The molecule has 0 radical (unpaired) electrons. The minimum atomic E-state index is 0.106. The number of hydrogen-bond donors (Lipinski definition) is 0. The Morgan fingerprint density at radius 2 is 1.68 bits per heavy atom. The maximum absolute atomic E-state index is 12.5. The Morgan fingerprint density at radius 1 is 1.07 bits per heavy atom. The Bertz CT molecular complexity index is 836. The SMILES string of the molecule is CC(C)c1ccc(C(=O)CSc2nnc(C34CC5CC(CC(C5)C3)C4)o2)cc1. The number of hydrogen-bond acceptors (Lipinski definition) is 5. The van der Waals surface area contributed by atoms with Crippen molar-refractivity contribution in [2.24, 2.45) is 17.8 Å². The van der Waals surface area contributed by atoms with Gasteiger partial charge in [-0.3, -0.25) is 4.79 Å². The third-order valence-corrected chi connectivity index (χ3v) is 7.94. The largest absolute Gasteiger partial charge is 0.415 e. The molecule has 4 nitrogen and oxygen atoms in total. The number of rotatable bonds is 6. The third kappa shape index (κ3) is 3.32. The smallest absolute Gasteiger partial charge is 0.277 e. The summed E-state index contributed by atoms with van der Waals surface area (Å²) < 4.78 is 6.09. The van der Waals surface area contributed by atoms with Crippen molar-refractivity contribution in [1.29, 1.82) is 0 Å². The van der Waals surface area contributed by atoms with Crippen LogP contribution in [-0.4, -0.2) is 21.7 Å². The van der Waals surface area contributed by atoms with Crippen LogP contribution >= 0.6 is 11.8 Å². The van der Waals surface area contributed by atoms with E-state index in [-0.39, 0.29) is 11.2 Å². The molecule has 0 aliphatic heterocycles. The Balaban J connectivity index is 1.24. The Morgan fingerprint density at radius 3 is 2.25 bits per heavy atom. The van der Waals surface area contributed by atoms with Gasteiger partial charge in [0.2, 0.25) is 5.89 Å². The first-order valence-corrected chi connectivity index (χ1v) is 11.6. The number of nitrogens with zero attached hydrogens (tertiary/aromatic N) is 2. The van der Waals surface area contributed by atoms with Crippen molar-refractivity contribution in [3.8, 4) is 0 Å². The Kier molecular flexibility index (Phi) is 4.61. The first-order chi connectivity index (χ1) is 13.5. The molecule has 4 bridgehead atoms. The molecule has 1 aromatic heterocycles. The molecule has 0 saturated heterocycles. The highest BCUT2D eigenvalue weighted by molar-refractivity contribution is 7.99. The van der Waals surface area contributed by atoms with Crippen LogP contribution in [0.2, 0.25) is 0 Å². The van der Waals surface area contributed by atoms with E-state index in [9.17, 15) is 4.79 Å². The monoisotopic (exact) mass is 396 g/mol. The van der Waals surface area contributed by atoms with Crippen LogP contribution < -0.4 is 0 Å². The first kappa shape index (κ1) is 18.4. The van der Waals surface area contributed by atoms with Crippen molar-refractivity contribution in [1.82, 2.24) is 10.2 Å². The molecule has 28 heavy (non-hydrogen) atoms. The zero-order valence-corrected chi connectivity index (χ0v) is 17.5. The highest BCUT2D eigenvalue weighted by Gasteiger charge is 2.54. The van der Waals surface area contributed by atoms with Gasteiger partial charge in [0.05, 0.1) is 5.75 Å². The topological polar surface area (TPSA) is 56.0 Å². The Hall–Kier alpha value is -1.62. The van der Waals surface area contributed by atoms with Gasteiger partial charge in [-0.05, 0) is 67.8 Å². The van der Waals surface area contributed by atoms with Gasteiger partial charge in [-0.2, -0.15) is 0 Å². The average Bonchev–Trinajstić information content (AvgIpc) is 3.15. The van der Waals surface area contributed by atoms with Crippen molar-refractivity contribution in [3.63, 3.8) is 0 Å². The van der Waals surface area contributed by atoms with Crippen LogP contribution in [0.4, 0.5) is 0 Å². The number of benzene rings is 1. The fourth-order valence-corrected chi connectivity index (χ4v) is 6.78. The summed E-state index contributed by atoms with van der Waals surface area (Å²) in [7, 11) is 0. The van der Waals surface area contributed by atoms with Gasteiger partial charge in [-0.1, -0.05) is 49.9 Å². The van der Waals surface area contributed by atoms with E-state index >= 15 is 0 Å². The summed E-state index contributed by atoms with van der Waals surface area (Å²) in [5.41, 5.74) is 2.12. The molecular formula is C23H28N2O2S. The lowest BCUT2D eigenvalue weighted by Gasteiger charge is -2.55. The van der Waals surface area contributed by atoms with E-state index in [1.54, 1.807) is 0 Å². The minimum absolute atomic E-state index is 0.106. The van der Waals surface area contributed by atoms with Gasteiger partial charge >= 0.3 is 0 Å². The molecule has 0 N–H and O–H groups in total. The van der Waals surface area contributed by atoms with Gasteiger partial charge < -0.3 is 4.42 Å². The summed E-state index contributed by atoms with van der Waals surface area (Å²) in [5, 5.41) is 9.25. The summed E-state index contributed by atoms with van der Waals surface area (Å²) >= 11 is 1.37. The molecule has 2 aromatic rings. The van der Waals surface area contributed by atoms with Crippen molar-refractivity contribution < 1.29 is 9.21 Å². The van der Waals surface area contributed by atoms with Crippen LogP contribution in [0.3, 0.4) is 0 Å². The van der Waals surface area contributed by atoms with Gasteiger partial charge in [-0.15, -0.1) is 10.2 Å². The molecule has 4 fully saturated rings. The summed E-state index contributed by atoms with van der Waals surface area (Å²) in [5.74, 6) is 4.31. The van der Waals surface area contributed by atoms with E-state index in [1.165, 1.54) is 55.9 Å². The van der Waals surface area contributed by atoms with E-state index in [0.717, 1.165) is 29.2 Å². The lowest BCUT2D eigenvalue weighted by molar-refractivity contribution is -0.0191. The van der Waals surface area contributed by atoms with Crippen LogP contribution in [0.1, 0.15) is 80.1 Å². The predicted octanol–water partition coefficient (Wildman–Crippen LogP) is 5.64. The van der Waals surface area contributed by atoms with Crippen LogP contribution in [0.25, 0.3) is 0 Å². The van der Waals surface area contributed by atoms with Gasteiger partial charge in [0.25, 0.3) is 5.22 Å². The second-order valence-corrected chi connectivity index (χ2v) is 10.5. The standard InChI is InChI=1S/C23H28N2O2S/c1-14(2)18-3-5-19(6-4-18)20(26)13-28-22-25-24-21(27-22)23-10-15-7-16(11-23)9-17(8-15)12-23/h3-6,14-17H,7-13H2,1-2H3. The van der Waals surface area contributed by atoms with E-state index in [1.807, 2.05) is 24.3 Å². The molecule has 4 saturated carbocycles. The molecule has 1 aromatic carbocycles. The van der Waals surface area contributed by atoms with Gasteiger partial charge in [0.15, 0.2) is 5.78 Å². The highest BCUT2D eigenvalue weighted by atomic mass is 32.2. The molecule has 1 heterocycles. The van der Waals surface area contributed by atoms with Gasteiger partial charge in [0.1, 0.15) is 0 Å². The molecule has 0 amide bonds. The van der Waals surface area contributed by atoms with Crippen LogP contribution in [0.15, 0.2) is 33.9 Å². The van der Waals surface area contributed by atoms with Crippen LogP contribution in [0, 0.1) is 17.8 Å². The minimum Gasteiger partial charge on any atom is -0.415 e. The molecule has 148 valence electrons. The van der Waals surface area contributed by atoms with E-state index < -0.39 is 0 Å². The zero-order chi connectivity index (χ0) is 19.3. The maximum atomic E-state index is 12.5. The van der Waals surface area contributed by atoms with Crippen molar-refractivity contribution in [2.75, 3.05) is 5.75 Å². The lowest BCUT2D eigenvalue weighted by Crippen LogP contribution is -2.48. The highest BCUT2D eigenvalue weighted by Crippen LogP contribution is 2.60. The maximum Gasteiger partial charge on any atom is 0.277 e. The molecular weight excluding hydrogens is 368 g/mol. The van der Waals surface area contributed by atoms with Crippen LogP contribution in [0.5, 0.6) is 0 Å².